The lowest BCUT2D eigenvalue weighted by Gasteiger charge is -2.15. The highest BCUT2D eigenvalue weighted by molar-refractivity contribution is 6.07. The van der Waals surface area contributed by atoms with Gasteiger partial charge < -0.3 is 14.4 Å². The van der Waals surface area contributed by atoms with Crippen LogP contribution in [-0.4, -0.2) is 32.0 Å². The molecule has 0 atom stereocenters. The fourth-order valence-corrected chi connectivity index (χ4v) is 3.23. The number of ketones is 1. The summed E-state index contributed by atoms with van der Waals surface area (Å²) < 4.78 is 11.1. The Hall–Kier alpha value is -3.08. The largest absolute Gasteiger partial charge is 0.493 e. The summed E-state index contributed by atoms with van der Waals surface area (Å²) in [6, 6.07) is 12.8. The number of benzene rings is 2. The minimum atomic E-state index is -0.0912. The zero-order valence-corrected chi connectivity index (χ0v) is 17.0. The second-order valence-electron chi connectivity index (χ2n) is 7.01. The maximum Gasteiger partial charge on any atom is 0.227 e. The van der Waals surface area contributed by atoms with Crippen LogP contribution in [0.4, 0.5) is 5.69 Å². The number of anilines is 1. The molecular weight excluding hydrogens is 366 g/mol. The Labute approximate surface area is 171 Å². The summed E-state index contributed by atoms with van der Waals surface area (Å²) in [7, 11) is 1.60. The van der Waals surface area contributed by atoms with Crippen LogP contribution in [0.15, 0.2) is 48.5 Å². The number of ether oxygens (including phenoxy) is 2. The lowest BCUT2D eigenvalue weighted by Crippen LogP contribution is -2.23. The van der Waals surface area contributed by atoms with Crippen LogP contribution in [0.5, 0.6) is 11.5 Å². The van der Waals surface area contributed by atoms with E-state index in [-0.39, 0.29) is 11.7 Å². The van der Waals surface area contributed by atoms with E-state index in [0.717, 1.165) is 37.1 Å². The fraction of sp³-hybridized carbons (Fsp3) is 0.333. The van der Waals surface area contributed by atoms with Crippen LogP contribution in [0.1, 0.15) is 48.5 Å². The predicted octanol–water partition coefficient (Wildman–Crippen LogP) is 4.90. The molecule has 0 spiro atoms. The van der Waals surface area contributed by atoms with Crippen molar-refractivity contribution in [1.82, 2.24) is 0 Å². The van der Waals surface area contributed by atoms with E-state index in [1.807, 2.05) is 30.3 Å². The van der Waals surface area contributed by atoms with Gasteiger partial charge in [0.05, 0.1) is 13.7 Å². The third kappa shape index (κ3) is 5.25. The van der Waals surface area contributed by atoms with Gasteiger partial charge in [0.1, 0.15) is 0 Å². The number of nitrogens with zero attached hydrogens (tertiary/aromatic N) is 1. The predicted molar refractivity (Wildman–Crippen MR) is 115 cm³/mol. The van der Waals surface area contributed by atoms with Gasteiger partial charge in [-0.05, 0) is 60.9 Å². The van der Waals surface area contributed by atoms with Gasteiger partial charge in [-0.15, -0.1) is 0 Å². The molecule has 5 heteroatoms. The first-order valence-corrected chi connectivity index (χ1v) is 10.1. The number of unbranched alkanes of at least 4 members (excludes halogenated alkanes) is 1. The number of carbonyl (C=O) groups excluding carboxylic acids is 2. The zero-order valence-electron chi connectivity index (χ0n) is 17.0. The first-order chi connectivity index (χ1) is 14.1. The maximum absolute atomic E-state index is 12.5. The molecule has 0 aromatic heterocycles. The molecule has 0 saturated carbocycles. The van der Waals surface area contributed by atoms with Crippen LogP contribution in [0, 0.1) is 0 Å². The van der Waals surface area contributed by atoms with Crippen molar-refractivity contribution in [3.05, 3.63) is 59.7 Å². The minimum absolute atomic E-state index is 0.0912. The first-order valence-electron chi connectivity index (χ1n) is 10.1. The average Bonchev–Trinajstić information content (AvgIpc) is 3.18. The molecule has 1 heterocycles. The van der Waals surface area contributed by atoms with Crippen LogP contribution >= 0.6 is 0 Å². The van der Waals surface area contributed by atoms with Gasteiger partial charge in [-0.3, -0.25) is 9.59 Å². The number of methoxy groups -OCH3 is 1. The Morgan fingerprint density at radius 2 is 1.93 bits per heavy atom. The molecule has 1 aliphatic heterocycles. The molecule has 0 N–H and O–H groups in total. The highest BCUT2D eigenvalue weighted by Crippen LogP contribution is 2.29. The Balaban J connectivity index is 1.66. The van der Waals surface area contributed by atoms with E-state index in [1.165, 1.54) is 0 Å². The van der Waals surface area contributed by atoms with Gasteiger partial charge in [0, 0.05) is 24.2 Å². The summed E-state index contributed by atoms with van der Waals surface area (Å²) in [4.78, 5) is 26.1. The van der Waals surface area contributed by atoms with E-state index in [9.17, 15) is 9.59 Å². The Kier molecular flexibility index (Phi) is 7.06. The molecule has 2 aromatic rings. The molecule has 0 unspecified atom stereocenters. The second kappa shape index (κ2) is 9.92. The molecule has 152 valence electrons. The molecule has 0 radical (unpaired) electrons. The summed E-state index contributed by atoms with van der Waals surface area (Å²) in [5.41, 5.74) is 2.29. The van der Waals surface area contributed by atoms with Gasteiger partial charge in [0.2, 0.25) is 5.91 Å². The molecule has 29 heavy (non-hydrogen) atoms. The van der Waals surface area contributed by atoms with E-state index < -0.39 is 0 Å². The molecule has 0 bridgehead atoms. The summed E-state index contributed by atoms with van der Waals surface area (Å²) in [6.45, 7) is 3.51. The molecule has 1 fully saturated rings. The third-order valence-electron chi connectivity index (χ3n) is 4.91. The third-order valence-corrected chi connectivity index (χ3v) is 4.91. The molecule has 0 aliphatic carbocycles. The van der Waals surface area contributed by atoms with Crippen LogP contribution in [0.25, 0.3) is 6.08 Å². The summed E-state index contributed by atoms with van der Waals surface area (Å²) in [5, 5.41) is 0. The van der Waals surface area contributed by atoms with E-state index in [1.54, 1.807) is 36.3 Å². The number of carbonyl (C=O) groups is 2. The standard InChI is InChI=1S/C24H27NO4/c1-3-4-16-29-22-14-8-18(17-23(22)28-2)7-13-21(26)19-9-11-20(12-10-19)25-15-5-6-24(25)27/h7-14,17H,3-6,15-16H2,1-2H3/b13-7+. The average molecular weight is 393 g/mol. The van der Waals surface area contributed by atoms with E-state index >= 15 is 0 Å². The smallest absolute Gasteiger partial charge is 0.227 e. The van der Waals surface area contributed by atoms with Crippen molar-refractivity contribution in [2.45, 2.75) is 32.6 Å². The topological polar surface area (TPSA) is 55.8 Å². The summed E-state index contributed by atoms with van der Waals surface area (Å²) in [5.74, 6) is 1.40. The van der Waals surface area contributed by atoms with Gasteiger partial charge in [0.25, 0.3) is 0 Å². The minimum Gasteiger partial charge on any atom is -0.493 e. The SMILES string of the molecule is CCCCOc1ccc(/C=C/C(=O)c2ccc(N3CCCC3=O)cc2)cc1OC. The van der Waals surface area contributed by atoms with Crippen LogP contribution < -0.4 is 14.4 Å². The van der Waals surface area contributed by atoms with Crippen molar-refractivity contribution >= 4 is 23.5 Å². The first kappa shape index (κ1) is 20.6. The van der Waals surface area contributed by atoms with Crippen LogP contribution in [-0.2, 0) is 4.79 Å². The van der Waals surface area contributed by atoms with Gasteiger partial charge in [0.15, 0.2) is 17.3 Å². The highest BCUT2D eigenvalue weighted by atomic mass is 16.5. The Bertz CT molecular complexity index is 886. The van der Waals surface area contributed by atoms with Gasteiger partial charge in [-0.1, -0.05) is 25.5 Å². The normalized spacial score (nSPS) is 13.9. The molecule has 3 rings (SSSR count). The zero-order chi connectivity index (χ0) is 20.6. The van der Waals surface area contributed by atoms with Crippen LogP contribution in [0.3, 0.4) is 0 Å². The molecular formula is C24H27NO4. The van der Waals surface area contributed by atoms with Gasteiger partial charge in [-0.2, -0.15) is 0 Å². The monoisotopic (exact) mass is 393 g/mol. The Morgan fingerprint density at radius 1 is 1.14 bits per heavy atom. The van der Waals surface area contributed by atoms with Crippen molar-refractivity contribution in [3.63, 3.8) is 0 Å². The lowest BCUT2D eigenvalue weighted by atomic mass is 10.1. The maximum atomic E-state index is 12.5. The van der Waals surface area contributed by atoms with Gasteiger partial charge >= 0.3 is 0 Å². The number of amides is 1. The second-order valence-corrected chi connectivity index (χ2v) is 7.01. The molecule has 1 saturated heterocycles. The number of hydrogen-bond acceptors (Lipinski definition) is 4. The molecule has 5 nitrogen and oxygen atoms in total. The number of rotatable bonds is 9. The van der Waals surface area contributed by atoms with Gasteiger partial charge in [-0.25, -0.2) is 0 Å². The lowest BCUT2D eigenvalue weighted by molar-refractivity contribution is -0.117. The summed E-state index contributed by atoms with van der Waals surface area (Å²) >= 11 is 0. The van der Waals surface area contributed by atoms with Crippen LogP contribution in [0.2, 0.25) is 0 Å². The van der Waals surface area contributed by atoms with Crippen molar-refractivity contribution in [2.75, 3.05) is 25.2 Å². The van der Waals surface area contributed by atoms with E-state index in [2.05, 4.69) is 6.92 Å². The Morgan fingerprint density at radius 3 is 2.59 bits per heavy atom. The van der Waals surface area contributed by atoms with Crippen molar-refractivity contribution in [1.29, 1.82) is 0 Å². The van der Waals surface area contributed by atoms with E-state index in [0.29, 0.717) is 30.1 Å². The van der Waals surface area contributed by atoms with Crippen molar-refractivity contribution in [2.24, 2.45) is 0 Å². The van der Waals surface area contributed by atoms with Crippen molar-refractivity contribution in [3.8, 4) is 11.5 Å². The number of allylic oxidation sites excluding steroid dienone is 1. The molecule has 2 aromatic carbocycles. The quantitative estimate of drug-likeness (QED) is 0.346. The van der Waals surface area contributed by atoms with Crippen molar-refractivity contribution < 1.29 is 19.1 Å². The molecule has 1 amide bonds. The summed E-state index contributed by atoms with van der Waals surface area (Å²) in [6.07, 6.45) is 6.84. The molecule has 1 aliphatic rings. The van der Waals surface area contributed by atoms with E-state index in [4.69, 9.17) is 9.47 Å². The fourth-order valence-electron chi connectivity index (χ4n) is 3.23. The number of hydrogen-bond donors (Lipinski definition) is 0. The highest BCUT2D eigenvalue weighted by Gasteiger charge is 2.21.